The van der Waals surface area contributed by atoms with Crippen molar-refractivity contribution in [3.05, 3.63) is 53.9 Å². The van der Waals surface area contributed by atoms with Gasteiger partial charge in [-0.05, 0) is 35.9 Å². The van der Waals surface area contributed by atoms with Gasteiger partial charge in [0, 0.05) is 12.1 Å². The number of alkyl halides is 2. The number of benzene rings is 2. The molecule has 0 bridgehead atoms. The number of rotatable bonds is 6. The molecule has 0 spiro atoms. The Labute approximate surface area is 141 Å². The number of fused-ring (bicyclic) bond motifs is 1. The summed E-state index contributed by atoms with van der Waals surface area (Å²) >= 11 is 0. The summed E-state index contributed by atoms with van der Waals surface area (Å²) in [7, 11) is 1.36. The zero-order valence-corrected chi connectivity index (χ0v) is 13.3. The molecule has 0 atom stereocenters. The summed E-state index contributed by atoms with van der Waals surface area (Å²) in [6.45, 7) is -2.72. The fraction of sp³-hybridized carbons (Fsp3) is 0.176. The fourth-order valence-corrected chi connectivity index (χ4v) is 2.38. The van der Waals surface area contributed by atoms with Gasteiger partial charge in [0.2, 0.25) is 0 Å². The Morgan fingerprint density at radius 2 is 2.08 bits per heavy atom. The summed E-state index contributed by atoms with van der Waals surface area (Å²) in [6.07, 6.45) is 1.56. The number of nitrogens with zero attached hydrogens (tertiary/aromatic N) is 1. The predicted molar refractivity (Wildman–Crippen MR) is 86.9 cm³/mol. The number of H-pyrrole nitrogens is 1. The molecule has 2 aromatic carbocycles. The molecule has 0 fully saturated rings. The number of imidazole rings is 1. The third kappa shape index (κ3) is 3.85. The van der Waals surface area contributed by atoms with Crippen LogP contribution in [0.25, 0.3) is 11.0 Å². The molecule has 130 valence electrons. The highest BCUT2D eigenvalue weighted by molar-refractivity contribution is 5.97. The topological polar surface area (TPSA) is 76.2 Å². The van der Waals surface area contributed by atoms with Crippen LogP contribution in [0, 0.1) is 0 Å². The van der Waals surface area contributed by atoms with Crippen LogP contribution < -0.4 is 14.8 Å². The van der Waals surface area contributed by atoms with Crippen molar-refractivity contribution in [2.45, 2.75) is 13.2 Å². The van der Waals surface area contributed by atoms with Crippen LogP contribution in [0.4, 0.5) is 8.78 Å². The minimum Gasteiger partial charge on any atom is -0.493 e. The first-order chi connectivity index (χ1) is 12.1. The van der Waals surface area contributed by atoms with Crippen molar-refractivity contribution in [1.82, 2.24) is 15.3 Å². The molecule has 1 heterocycles. The van der Waals surface area contributed by atoms with E-state index in [2.05, 4.69) is 20.0 Å². The Hall–Kier alpha value is -3.16. The first-order valence-corrected chi connectivity index (χ1v) is 7.40. The van der Waals surface area contributed by atoms with Gasteiger partial charge in [0.25, 0.3) is 5.91 Å². The van der Waals surface area contributed by atoms with Crippen LogP contribution in [0.2, 0.25) is 0 Å². The third-order valence-corrected chi connectivity index (χ3v) is 3.58. The molecule has 2 N–H and O–H groups in total. The van der Waals surface area contributed by atoms with Crippen molar-refractivity contribution in [1.29, 1.82) is 0 Å². The highest BCUT2D eigenvalue weighted by atomic mass is 19.3. The lowest BCUT2D eigenvalue weighted by molar-refractivity contribution is -0.0512. The van der Waals surface area contributed by atoms with E-state index in [0.29, 0.717) is 11.1 Å². The number of hydrogen-bond acceptors (Lipinski definition) is 4. The van der Waals surface area contributed by atoms with Crippen LogP contribution in [-0.2, 0) is 6.54 Å². The van der Waals surface area contributed by atoms with Gasteiger partial charge in [-0.2, -0.15) is 8.78 Å². The Kier molecular flexibility index (Phi) is 4.78. The SMILES string of the molecule is COc1cc(CNC(=O)c2ccc3nc[nH]c3c2)ccc1OC(F)F. The van der Waals surface area contributed by atoms with Gasteiger partial charge >= 0.3 is 6.61 Å². The maximum atomic E-state index is 12.3. The number of methoxy groups -OCH3 is 1. The third-order valence-electron chi connectivity index (χ3n) is 3.58. The molecule has 0 aliphatic carbocycles. The van der Waals surface area contributed by atoms with E-state index in [1.165, 1.54) is 19.2 Å². The number of aromatic nitrogens is 2. The second-order valence-corrected chi connectivity index (χ2v) is 5.18. The highest BCUT2D eigenvalue weighted by Crippen LogP contribution is 2.29. The number of hydrogen-bond donors (Lipinski definition) is 2. The zero-order valence-electron chi connectivity index (χ0n) is 13.3. The molecule has 0 unspecified atom stereocenters. The van der Waals surface area contributed by atoms with Crippen molar-refractivity contribution in [2.24, 2.45) is 0 Å². The van der Waals surface area contributed by atoms with Crippen molar-refractivity contribution in [2.75, 3.05) is 7.11 Å². The zero-order chi connectivity index (χ0) is 17.8. The number of carbonyl (C=O) groups is 1. The average Bonchev–Trinajstić information content (AvgIpc) is 3.07. The Morgan fingerprint density at radius 1 is 1.24 bits per heavy atom. The standard InChI is InChI=1S/C17H15F2N3O3/c1-24-15-6-10(2-5-14(15)25-17(18)19)8-20-16(23)11-3-4-12-13(7-11)22-9-21-12/h2-7,9,17H,8H2,1H3,(H,20,23)(H,21,22). The Balaban J connectivity index is 1.68. The van der Waals surface area contributed by atoms with Gasteiger partial charge in [0.1, 0.15) is 0 Å². The molecule has 6 nitrogen and oxygen atoms in total. The molecule has 1 aromatic heterocycles. The average molecular weight is 347 g/mol. The number of nitrogens with one attached hydrogen (secondary N) is 2. The molecule has 0 aliphatic rings. The maximum Gasteiger partial charge on any atom is 0.387 e. The minimum atomic E-state index is -2.93. The number of carbonyl (C=O) groups excluding carboxylic acids is 1. The van der Waals surface area contributed by atoms with E-state index < -0.39 is 6.61 Å². The quantitative estimate of drug-likeness (QED) is 0.718. The van der Waals surface area contributed by atoms with E-state index in [9.17, 15) is 13.6 Å². The van der Waals surface area contributed by atoms with Crippen LogP contribution in [0.5, 0.6) is 11.5 Å². The Morgan fingerprint density at radius 3 is 2.84 bits per heavy atom. The fourth-order valence-electron chi connectivity index (χ4n) is 2.38. The second-order valence-electron chi connectivity index (χ2n) is 5.18. The van der Waals surface area contributed by atoms with Crippen LogP contribution in [0.1, 0.15) is 15.9 Å². The summed E-state index contributed by atoms with van der Waals surface area (Å²) in [6, 6.07) is 9.63. The van der Waals surface area contributed by atoms with E-state index >= 15 is 0 Å². The van der Waals surface area contributed by atoms with Crippen molar-refractivity contribution >= 4 is 16.9 Å². The Bertz CT molecular complexity index is 896. The molecule has 0 aliphatic heterocycles. The largest absolute Gasteiger partial charge is 0.493 e. The van der Waals surface area contributed by atoms with Gasteiger partial charge in [0.15, 0.2) is 11.5 Å². The van der Waals surface area contributed by atoms with Crippen molar-refractivity contribution in [3.8, 4) is 11.5 Å². The summed E-state index contributed by atoms with van der Waals surface area (Å²) < 4.78 is 34.0. The van der Waals surface area contributed by atoms with E-state index in [1.54, 1.807) is 30.6 Å². The molecule has 1 amide bonds. The van der Waals surface area contributed by atoms with Crippen LogP contribution in [0.3, 0.4) is 0 Å². The summed E-state index contributed by atoms with van der Waals surface area (Å²) in [5.41, 5.74) is 2.72. The van der Waals surface area contributed by atoms with Crippen LogP contribution in [-0.4, -0.2) is 29.6 Å². The predicted octanol–water partition coefficient (Wildman–Crippen LogP) is 3.10. The van der Waals surface area contributed by atoms with Gasteiger partial charge in [-0.25, -0.2) is 4.98 Å². The molecule has 3 aromatic rings. The van der Waals surface area contributed by atoms with Crippen molar-refractivity contribution < 1.29 is 23.0 Å². The molecular weight excluding hydrogens is 332 g/mol. The van der Waals surface area contributed by atoms with Crippen LogP contribution in [0.15, 0.2) is 42.7 Å². The van der Waals surface area contributed by atoms with Gasteiger partial charge in [-0.1, -0.05) is 6.07 Å². The van der Waals surface area contributed by atoms with E-state index in [4.69, 9.17) is 4.74 Å². The smallest absolute Gasteiger partial charge is 0.387 e. The molecule has 0 saturated carbocycles. The summed E-state index contributed by atoms with van der Waals surface area (Å²) in [5, 5.41) is 2.77. The van der Waals surface area contributed by atoms with Crippen molar-refractivity contribution in [3.63, 3.8) is 0 Å². The maximum absolute atomic E-state index is 12.3. The van der Waals surface area contributed by atoms with Gasteiger partial charge in [0.05, 0.1) is 24.5 Å². The van der Waals surface area contributed by atoms with E-state index in [1.807, 2.05) is 0 Å². The van der Waals surface area contributed by atoms with Crippen LogP contribution >= 0.6 is 0 Å². The number of aromatic amines is 1. The number of amides is 1. The molecule has 0 radical (unpaired) electrons. The summed E-state index contributed by atoms with van der Waals surface area (Å²) in [5.74, 6) is -0.147. The lowest BCUT2D eigenvalue weighted by Crippen LogP contribution is -2.22. The highest BCUT2D eigenvalue weighted by Gasteiger charge is 2.12. The lowest BCUT2D eigenvalue weighted by atomic mass is 10.1. The van der Waals surface area contributed by atoms with Gasteiger partial charge < -0.3 is 19.8 Å². The minimum absolute atomic E-state index is 0.0581. The first-order valence-electron chi connectivity index (χ1n) is 7.40. The molecule has 3 rings (SSSR count). The first kappa shape index (κ1) is 16.7. The molecule has 25 heavy (non-hydrogen) atoms. The van der Waals surface area contributed by atoms with E-state index in [-0.39, 0.29) is 24.0 Å². The second kappa shape index (κ2) is 7.16. The number of ether oxygens (including phenoxy) is 2. The molecular formula is C17H15F2N3O3. The molecule has 0 saturated heterocycles. The lowest BCUT2D eigenvalue weighted by Gasteiger charge is -2.12. The number of halogens is 2. The summed E-state index contributed by atoms with van der Waals surface area (Å²) in [4.78, 5) is 19.3. The van der Waals surface area contributed by atoms with Gasteiger partial charge in [-0.15, -0.1) is 0 Å². The normalized spacial score (nSPS) is 10.9. The molecule has 8 heteroatoms. The van der Waals surface area contributed by atoms with Gasteiger partial charge in [-0.3, -0.25) is 4.79 Å². The van der Waals surface area contributed by atoms with E-state index in [0.717, 1.165) is 11.0 Å². The monoisotopic (exact) mass is 347 g/mol.